The third kappa shape index (κ3) is 4.37. The molecular weight excluding hydrogens is 160 g/mol. The van der Waals surface area contributed by atoms with Crippen molar-refractivity contribution in [3.05, 3.63) is 0 Å². The predicted octanol–water partition coefficient (Wildman–Crippen LogP) is -0.430. The van der Waals surface area contributed by atoms with Crippen LogP contribution in [0.15, 0.2) is 5.16 Å². The topological polar surface area (TPSA) is 114 Å². The molecule has 0 spiro atoms. The van der Waals surface area contributed by atoms with Gasteiger partial charge >= 0.3 is 6.03 Å². The summed E-state index contributed by atoms with van der Waals surface area (Å²) in [6.07, 6.45) is 0.981. The Morgan fingerprint density at radius 1 is 1.67 bits per heavy atom. The van der Waals surface area contributed by atoms with E-state index in [1.807, 2.05) is 6.92 Å². The van der Waals surface area contributed by atoms with Gasteiger partial charge in [-0.15, -0.1) is 0 Å². The lowest BCUT2D eigenvalue weighted by molar-refractivity contribution is 0.245. The van der Waals surface area contributed by atoms with Gasteiger partial charge in [0.05, 0.1) is 0 Å². The van der Waals surface area contributed by atoms with Gasteiger partial charge in [0.2, 0.25) is 0 Å². The molecule has 1 atom stereocenters. The SMILES string of the molecule is CCC(CC(N)=NO)NC(N)=O. The summed E-state index contributed by atoms with van der Waals surface area (Å²) in [7, 11) is 0. The normalized spacial score (nSPS) is 13.9. The average molecular weight is 174 g/mol. The Labute approximate surface area is 70.6 Å². The van der Waals surface area contributed by atoms with Gasteiger partial charge in [0.15, 0.2) is 0 Å². The second kappa shape index (κ2) is 5.22. The molecule has 0 saturated carbocycles. The molecule has 0 saturated heterocycles. The van der Waals surface area contributed by atoms with Crippen LogP contribution < -0.4 is 16.8 Å². The lowest BCUT2D eigenvalue weighted by Crippen LogP contribution is -2.40. The van der Waals surface area contributed by atoms with Gasteiger partial charge < -0.3 is 22.0 Å². The monoisotopic (exact) mass is 174 g/mol. The average Bonchev–Trinajstić information content (AvgIpc) is 2.02. The van der Waals surface area contributed by atoms with Crippen molar-refractivity contribution in [1.82, 2.24) is 5.32 Å². The first-order valence-corrected chi connectivity index (χ1v) is 3.62. The van der Waals surface area contributed by atoms with Gasteiger partial charge in [-0.1, -0.05) is 12.1 Å². The standard InChI is InChI=1S/C6H14N4O2/c1-2-4(9-6(8)11)3-5(7)10-12/h4,12H,2-3H2,1H3,(H2,7,10)(H3,8,9,11). The van der Waals surface area contributed by atoms with E-state index in [1.54, 1.807) is 0 Å². The molecule has 6 nitrogen and oxygen atoms in total. The fourth-order valence-electron chi connectivity index (χ4n) is 0.792. The molecule has 2 amide bonds. The van der Waals surface area contributed by atoms with Gasteiger partial charge in [0, 0.05) is 12.5 Å². The number of urea groups is 1. The molecule has 0 aliphatic carbocycles. The number of rotatable bonds is 4. The Balaban J connectivity index is 3.91. The van der Waals surface area contributed by atoms with E-state index in [2.05, 4.69) is 10.5 Å². The van der Waals surface area contributed by atoms with Gasteiger partial charge in [0.25, 0.3) is 0 Å². The van der Waals surface area contributed by atoms with Crippen LogP contribution in [-0.2, 0) is 0 Å². The molecule has 0 heterocycles. The number of nitrogens with zero attached hydrogens (tertiary/aromatic N) is 1. The van der Waals surface area contributed by atoms with Crippen LogP contribution in [-0.4, -0.2) is 23.1 Å². The Hall–Kier alpha value is -1.46. The number of primary amides is 1. The maximum atomic E-state index is 10.4. The highest BCUT2D eigenvalue weighted by Gasteiger charge is 2.09. The first-order valence-electron chi connectivity index (χ1n) is 3.62. The molecule has 0 aromatic heterocycles. The van der Waals surface area contributed by atoms with E-state index < -0.39 is 6.03 Å². The van der Waals surface area contributed by atoms with Crippen LogP contribution in [0.25, 0.3) is 0 Å². The highest BCUT2D eigenvalue weighted by atomic mass is 16.4. The number of carbonyl (C=O) groups is 1. The van der Waals surface area contributed by atoms with Crippen LogP contribution in [0.3, 0.4) is 0 Å². The number of nitrogens with two attached hydrogens (primary N) is 2. The molecular formula is C6H14N4O2. The van der Waals surface area contributed by atoms with Crippen molar-refractivity contribution in [3.63, 3.8) is 0 Å². The van der Waals surface area contributed by atoms with Crippen molar-refractivity contribution < 1.29 is 10.0 Å². The van der Waals surface area contributed by atoms with E-state index in [9.17, 15) is 4.79 Å². The Bertz CT molecular complexity index is 180. The fourth-order valence-corrected chi connectivity index (χ4v) is 0.792. The minimum absolute atomic E-state index is 0.0793. The molecule has 0 aliphatic heterocycles. The number of hydrogen-bond acceptors (Lipinski definition) is 3. The van der Waals surface area contributed by atoms with E-state index in [0.29, 0.717) is 12.8 Å². The molecule has 6 heteroatoms. The first kappa shape index (κ1) is 10.5. The number of hydrogen-bond donors (Lipinski definition) is 4. The van der Waals surface area contributed by atoms with Gasteiger partial charge in [0.1, 0.15) is 5.84 Å². The molecule has 0 radical (unpaired) electrons. The second-order valence-corrected chi connectivity index (χ2v) is 2.41. The zero-order chi connectivity index (χ0) is 9.56. The molecule has 0 aliphatic rings. The molecule has 0 aromatic rings. The minimum atomic E-state index is -0.604. The number of amides is 2. The number of carbonyl (C=O) groups excluding carboxylic acids is 1. The molecule has 70 valence electrons. The summed E-state index contributed by atoms with van der Waals surface area (Å²) in [4.78, 5) is 10.4. The molecule has 0 rings (SSSR count). The summed E-state index contributed by atoms with van der Waals surface area (Å²) in [6.45, 7) is 1.87. The van der Waals surface area contributed by atoms with Crippen LogP contribution >= 0.6 is 0 Å². The van der Waals surface area contributed by atoms with Crippen molar-refractivity contribution in [3.8, 4) is 0 Å². The van der Waals surface area contributed by atoms with E-state index in [1.165, 1.54) is 0 Å². The van der Waals surface area contributed by atoms with Gasteiger partial charge in [-0.3, -0.25) is 0 Å². The lowest BCUT2D eigenvalue weighted by Gasteiger charge is -2.13. The predicted molar refractivity (Wildman–Crippen MR) is 44.8 cm³/mol. The number of oxime groups is 1. The lowest BCUT2D eigenvalue weighted by atomic mass is 10.1. The van der Waals surface area contributed by atoms with Crippen LogP contribution in [0, 0.1) is 0 Å². The summed E-state index contributed by atoms with van der Waals surface area (Å²) in [6, 6.07) is -0.772. The zero-order valence-corrected chi connectivity index (χ0v) is 6.95. The van der Waals surface area contributed by atoms with Crippen molar-refractivity contribution in [1.29, 1.82) is 0 Å². The smallest absolute Gasteiger partial charge is 0.312 e. The van der Waals surface area contributed by atoms with Crippen molar-refractivity contribution >= 4 is 11.9 Å². The highest BCUT2D eigenvalue weighted by molar-refractivity contribution is 5.81. The largest absolute Gasteiger partial charge is 0.409 e. The van der Waals surface area contributed by atoms with E-state index in [4.69, 9.17) is 16.7 Å². The molecule has 1 unspecified atom stereocenters. The molecule has 0 fully saturated rings. The quantitative estimate of drug-likeness (QED) is 0.200. The summed E-state index contributed by atoms with van der Waals surface area (Å²) in [5.41, 5.74) is 10.1. The molecule has 0 bridgehead atoms. The summed E-state index contributed by atoms with van der Waals surface area (Å²) >= 11 is 0. The minimum Gasteiger partial charge on any atom is -0.409 e. The van der Waals surface area contributed by atoms with Crippen LogP contribution in [0.5, 0.6) is 0 Å². The molecule has 6 N–H and O–H groups in total. The summed E-state index contributed by atoms with van der Waals surface area (Å²) < 4.78 is 0. The third-order valence-corrected chi connectivity index (χ3v) is 1.42. The van der Waals surface area contributed by atoms with Crippen molar-refractivity contribution in [2.45, 2.75) is 25.8 Å². The molecule has 12 heavy (non-hydrogen) atoms. The number of nitrogens with one attached hydrogen (secondary N) is 1. The maximum Gasteiger partial charge on any atom is 0.312 e. The Morgan fingerprint density at radius 2 is 2.25 bits per heavy atom. The van der Waals surface area contributed by atoms with E-state index in [-0.39, 0.29) is 11.9 Å². The number of amidine groups is 1. The van der Waals surface area contributed by atoms with Crippen LogP contribution in [0.1, 0.15) is 19.8 Å². The van der Waals surface area contributed by atoms with Crippen molar-refractivity contribution in [2.24, 2.45) is 16.6 Å². The van der Waals surface area contributed by atoms with Gasteiger partial charge in [-0.2, -0.15) is 0 Å². The van der Waals surface area contributed by atoms with Crippen molar-refractivity contribution in [2.75, 3.05) is 0 Å². The van der Waals surface area contributed by atoms with Gasteiger partial charge in [-0.05, 0) is 6.42 Å². The highest BCUT2D eigenvalue weighted by Crippen LogP contribution is 1.96. The Kier molecular flexibility index (Phi) is 4.59. The Morgan fingerprint density at radius 3 is 2.58 bits per heavy atom. The van der Waals surface area contributed by atoms with Crippen LogP contribution in [0.4, 0.5) is 4.79 Å². The first-order chi connectivity index (χ1) is 5.60. The van der Waals surface area contributed by atoms with Crippen LogP contribution in [0.2, 0.25) is 0 Å². The summed E-state index contributed by atoms with van der Waals surface area (Å²) in [5, 5.41) is 13.5. The van der Waals surface area contributed by atoms with E-state index in [0.717, 1.165) is 0 Å². The van der Waals surface area contributed by atoms with E-state index >= 15 is 0 Å². The zero-order valence-electron chi connectivity index (χ0n) is 6.95. The second-order valence-electron chi connectivity index (χ2n) is 2.41. The summed E-state index contributed by atoms with van der Waals surface area (Å²) in [5.74, 6) is 0.0793. The maximum absolute atomic E-state index is 10.4. The van der Waals surface area contributed by atoms with Gasteiger partial charge in [-0.25, -0.2) is 4.79 Å². The third-order valence-electron chi connectivity index (χ3n) is 1.42. The fraction of sp³-hybridized carbons (Fsp3) is 0.667. The molecule has 0 aromatic carbocycles.